The first kappa shape index (κ1) is 15.3. The maximum absolute atomic E-state index is 12.5. The van der Waals surface area contributed by atoms with Gasteiger partial charge in [-0.05, 0) is 39.3 Å². The summed E-state index contributed by atoms with van der Waals surface area (Å²) in [5, 5.41) is 9.26. The molecule has 1 rings (SSSR count). The van der Waals surface area contributed by atoms with E-state index in [1.165, 1.54) is 4.90 Å². The zero-order chi connectivity index (χ0) is 14.6. The molecule has 0 saturated heterocycles. The van der Waals surface area contributed by atoms with Gasteiger partial charge in [-0.1, -0.05) is 6.92 Å². The number of nitrogens with zero attached hydrogens (tertiary/aromatic N) is 2. The first-order valence-corrected chi connectivity index (χ1v) is 6.56. The van der Waals surface area contributed by atoms with Crippen molar-refractivity contribution < 1.29 is 14.7 Å². The van der Waals surface area contributed by atoms with Crippen molar-refractivity contribution >= 4 is 11.9 Å². The van der Waals surface area contributed by atoms with Crippen LogP contribution in [0.1, 0.15) is 44.6 Å². The molecule has 1 amide bonds. The van der Waals surface area contributed by atoms with Gasteiger partial charge >= 0.3 is 5.97 Å². The third-order valence-corrected chi connectivity index (χ3v) is 3.27. The predicted molar refractivity (Wildman–Crippen MR) is 73.1 cm³/mol. The van der Waals surface area contributed by atoms with Crippen LogP contribution < -0.4 is 0 Å². The number of hydrogen-bond acceptors (Lipinski definition) is 2. The van der Waals surface area contributed by atoms with Crippen molar-refractivity contribution in [3.8, 4) is 0 Å². The van der Waals surface area contributed by atoms with Gasteiger partial charge in [0.15, 0.2) is 0 Å². The molecule has 0 aromatic carbocycles. The molecule has 1 N–H and O–H groups in total. The molecule has 0 aliphatic heterocycles. The van der Waals surface area contributed by atoms with E-state index in [0.29, 0.717) is 12.2 Å². The summed E-state index contributed by atoms with van der Waals surface area (Å²) >= 11 is 0. The third kappa shape index (κ3) is 2.97. The summed E-state index contributed by atoms with van der Waals surface area (Å²) in [6.07, 6.45) is 2.77. The second kappa shape index (κ2) is 5.91. The first-order chi connectivity index (χ1) is 8.86. The maximum Gasteiger partial charge on any atom is 0.329 e. The highest BCUT2D eigenvalue weighted by Crippen LogP contribution is 2.18. The molecule has 5 heteroatoms. The Balaban J connectivity index is 3.09. The fraction of sp³-hybridized carbons (Fsp3) is 0.571. The highest BCUT2D eigenvalue weighted by atomic mass is 16.4. The minimum Gasteiger partial charge on any atom is -0.480 e. The molecule has 0 unspecified atom stereocenters. The van der Waals surface area contributed by atoms with Gasteiger partial charge in [0.2, 0.25) is 0 Å². The normalized spacial score (nSPS) is 11.4. The Hall–Kier alpha value is -1.78. The largest absolute Gasteiger partial charge is 0.480 e. The van der Waals surface area contributed by atoms with Crippen molar-refractivity contribution in [2.75, 3.05) is 6.54 Å². The summed E-state index contributed by atoms with van der Waals surface area (Å²) in [5.41, 5.74) is -0.675. The van der Waals surface area contributed by atoms with Crippen LogP contribution in [-0.2, 0) is 11.3 Å². The van der Waals surface area contributed by atoms with Gasteiger partial charge in [0.1, 0.15) is 11.2 Å². The van der Waals surface area contributed by atoms with E-state index in [2.05, 4.69) is 0 Å². The molecule has 19 heavy (non-hydrogen) atoms. The van der Waals surface area contributed by atoms with Gasteiger partial charge in [-0.3, -0.25) is 4.79 Å². The molecule has 0 saturated carbocycles. The van der Waals surface area contributed by atoms with Crippen LogP contribution in [0.2, 0.25) is 0 Å². The highest BCUT2D eigenvalue weighted by Gasteiger charge is 2.37. The zero-order valence-corrected chi connectivity index (χ0v) is 12.0. The number of carbonyl (C=O) groups is 2. The number of amides is 1. The molecular weight excluding hydrogens is 244 g/mol. The molecule has 0 radical (unpaired) electrons. The fourth-order valence-corrected chi connectivity index (χ4v) is 2.09. The van der Waals surface area contributed by atoms with Crippen molar-refractivity contribution in [2.24, 2.45) is 0 Å². The second-order valence-corrected chi connectivity index (χ2v) is 5.00. The number of carboxylic acids is 1. The summed E-state index contributed by atoms with van der Waals surface area (Å²) in [7, 11) is 0. The summed E-state index contributed by atoms with van der Waals surface area (Å²) in [6.45, 7) is 8.02. The number of hydrogen-bond donors (Lipinski definition) is 1. The first-order valence-electron chi connectivity index (χ1n) is 6.56. The number of carbonyl (C=O) groups excluding carboxylic acids is 1. The Morgan fingerprint density at radius 2 is 2.00 bits per heavy atom. The van der Waals surface area contributed by atoms with Crippen LogP contribution in [0, 0.1) is 0 Å². The maximum atomic E-state index is 12.5. The highest BCUT2D eigenvalue weighted by molar-refractivity contribution is 5.96. The van der Waals surface area contributed by atoms with Crippen LogP contribution in [0.5, 0.6) is 0 Å². The Labute approximate surface area is 113 Å². The van der Waals surface area contributed by atoms with E-state index in [0.717, 1.165) is 13.0 Å². The summed E-state index contributed by atoms with van der Waals surface area (Å²) < 4.78 is 1.86. The molecular formula is C14H22N2O3. The van der Waals surface area contributed by atoms with Crippen molar-refractivity contribution in [3.05, 3.63) is 24.0 Å². The standard InChI is InChI=1S/C14H22N2O3/c1-5-9-15-10-7-8-11(15)12(17)16(6-2)14(3,4)13(18)19/h7-8,10H,5-6,9H2,1-4H3,(H,18,19). The van der Waals surface area contributed by atoms with Gasteiger partial charge in [0.25, 0.3) is 5.91 Å². The average molecular weight is 266 g/mol. The minimum atomic E-state index is -1.22. The van der Waals surface area contributed by atoms with Crippen LogP contribution in [0.15, 0.2) is 18.3 Å². The summed E-state index contributed by atoms with van der Waals surface area (Å²) in [4.78, 5) is 25.2. The molecule has 0 aliphatic carbocycles. The van der Waals surface area contributed by atoms with E-state index in [-0.39, 0.29) is 5.91 Å². The molecule has 0 aliphatic rings. The summed E-state index contributed by atoms with van der Waals surface area (Å²) in [6, 6.07) is 3.54. The average Bonchev–Trinajstić information content (AvgIpc) is 2.78. The third-order valence-electron chi connectivity index (χ3n) is 3.27. The summed E-state index contributed by atoms with van der Waals surface area (Å²) in [5.74, 6) is -1.25. The lowest BCUT2D eigenvalue weighted by Gasteiger charge is -2.34. The van der Waals surface area contributed by atoms with Gasteiger partial charge in [-0.15, -0.1) is 0 Å². The molecule has 1 heterocycles. The van der Waals surface area contributed by atoms with Gasteiger partial charge in [-0.2, -0.15) is 0 Å². The number of carboxylic acid groups (broad SMARTS) is 1. The van der Waals surface area contributed by atoms with E-state index in [9.17, 15) is 14.7 Å². The van der Waals surface area contributed by atoms with E-state index < -0.39 is 11.5 Å². The zero-order valence-electron chi connectivity index (χ0n) is 12.0. The number of rotatable bonds is 6. The SMILES string of the molecule is CCCn1cccc1C(=O)N(CC)C(C)(C)C(=O)O. The quantitative estimate of drug-likeness (QED) is 0.858. The van der Waals surface area contributed by atoms with Gasteiger partial charge in [0.05, 0.1) is 0 Å². The Bertz CT molecular complexity index is 463. The van der Waals surface area contributed by atoms with Crippen molar-refractivity contribution in [1.29, 1.82) is 0 Å². The van der Waals surface area contributed by atoms with Crippen LogP contribution >= 0.6 is 0 Å². The number of aliphatic carboxylic acids is 1. The van der Waals surface area contributed by atoms with Crippen molar-refractivity contribution in [2.45, 2.75) is 46.2 Å². The van der Waals surface area contributed by atoms with E-state index in [1.54, 1.807) is 26.8 Å². The van der Waals surface area contributed by atoms with E-state index in [4.69, 9.17) is 0 Å². The number of likely N-dealkylation sites (N-methyl/N-ethyl adjacent to an activating group) is 1. The lowest BCUT2D eigenvalue weighted by molar-refractivity contribution is -0.147. The lowest BCUT2D eigenvalue weighted by atomic mass is 10.0. The fourth-order valence-electron chi connectivity index (χ4n) is 2.09. The lowest BCUT2D eigenvalue weighted by Crippen LogP contribution is -2.53. The van der Waals surface area contributed by atoms with Crippen LogP contribution in [0.4, 0.5) is 0 Å². The molecule has 1 aromatic heterocycles. The van der Waals surface area contributed by atoms with Crippen LogP contribution in [0.25, 0.3) is 0 Å². The predicted octanol–water partition coefficient (Wildman–Crippen LogP) is 2.22. The van der Waals surface area contributed by atoms with Crippen LogP contribution in [-0.4, -0.2) is 38.5 Å². The molecule has 5 nitrogen and oxygen atoms in total. The number of aryl methyl sites for hydroxylation is 1. The molecule has 0 atom stereocenters. The molecule has 0 fully saturated rings. The molecule has 1 aromatic rings. The Kier molecular flexibility index (Phi) is 4.75. The van der Waals surface area contributed by atoms with Crippen molar-refractivity contribution in [1.82, 2.24) is 9.47 Å². The Morgan fingerprint density at radius 3 is 2.47 bits per heavy atom. The van der Waals surface area contributed by atoms with E-state index >= 15 is 0 Å². The number of aromatic nitrogens is 1. The van der Waals surface area contributed by atoms with Gasteiger partial charge in [-0.25, -0.2) is 4.79 Å². The molecule has 106 valence electrons. The second-order valence-electron chi connectivity index (χ2n) is 5.00. The van der Waals surface area contributed by atoms with Crippen molar-refractivity contribution in [3.63, 3.8) is 0 Å². The van der Waals surface area contributed by atoms with E-state index in [1.807, 2.05) is 23.8 Å². The Morgan fingerprint density at radius 1 is 1.37 bits per heavy atom. The topological polar surface area (TPSA) is 62.5 Å². The smallest absolute Gasteiger partial charge is 0.329 e. The molecule has 0 bridgehead atoms. The van der Waals surface area contributed by atoms with Gasteiger partial charge in [0, 0.05) is 19.3 Å². The monoisotopic (exact) mass is 266 g/mol. The molecule has 0 spiro atoms. The van der Waals surface area contributed by atoms with Gasteiger partial charge < -0.3 is 14.6 Å². The van der Waals surface area contributed by atoms with Crippen LogP contribution in [0.3, 0.4) is 0 Å². The minimum absolute atomic E-state index is 0.242.